The molecular formula is C16H35N5O2. The summed E-state index contributed by atoms with van der Waals surface area (Å²) in [4.78, 5) is 15.6. The van der Waals surface area contributed by atoms with Gasteiger partial charge in [-0.05, 0) is 48.0 Å². The van der Waals surface area contributed by atoms with E-state index in [0.29, 0.717) is 6.54 Å². The van der Waals surface area contributed by atoms with Crippen LogP contribution in [0.25, 0.3) is 0 Å². The molecule has 1 amide bonds. The first-order chi connectivity index (χ1) is 10.5. The van der Waals surface area contributed by atoms with Gasteiger partial charge < -0.3 is 26.0 Å². The van der Waals surface area contributed by atoms with Crippen molar-refractivity contribution in [3.8, 4) is 0 Å². The maximum absolute atomic E-state index is 11.5. The Morgan fingerprint density at radius 3 is 2.00 bits per heavy atom. The van der Waals surface area contributed by atoms with Crippen LogP contribution < -0.4 is 21.3 Å². The predicted molar refractivity (Wildman–Crippen MR) is 96.0 cm³/mol. The standard InChI is InChI=1S/C16H35N5O2/c1-15(2,3)21-12-11-19-13(17-7)18-9-8-10-20-14(22)23-16(4,5)6/h21H,8-12H2,1-7H3,(H,20,22)(H2,17,18,19). The fraction of sp³-hybridized carbons (Fsp3) is 0.875. The third-order valence-electron chi connectivity index (χ3n) is 2.61. The van der Waals surface area contributed by atoms with Crippen LogP contribution >= 0.6 is 0 Å². The van der Waals surface area contributed by atoms with Gasteiger partial charge in [-0.2, -0.15) is 0 Å². The zero-order valence-electron chi connectivity index (χ0n) is 15.8. The molecule has 0 spiro atoms. The molecule has 7 heteroatoms. The minimum absolute atomic E-state index is 0.117. The Morgan fingerprint density at radius 2 is 1.48 bits per heavy atom. The molecule has 0 aromatic heterocycles. The molecule has 0 saturated carbocycles. The number of nitrogens with zero attached hydrogens (tertiary/aromatic N) is 1. The molecule has 0 aliphatic carbocycles. The van der Waals surface area contributed by atoms with Crippen molar-refractivity contribution in [3.05, 3.63) is 0 Å². The summed E-state index contributed by atoms with van der Waals surface area (Å²) in [5.41, 5.74) is -0.346. The Balaban J connectivity index is 3.71. The van der Waals surface area contributed by atoms with Crippen molar-refractivity contribution >= 4 is 12.1 Å². The van der Waals surface area contributed by atoms with E-state index in [9.17, 15) is 4.79 Å². The molecular weight excluding hydrogens is 294 g/mol. The van der Waals surface area contributed by atoms with Gasteiger partial charge in [0.2, 0.25) is 0 Å². The third-order valence-corrected chi connectivity index (χ3v) is 2.61. The summed E-state index contributed by atoms with van der Waals surface area (Å²) in [5.74, 6) is 0.762. The van der Waals surface area contributed by atoms with Crippen LogP contribution in [0, 0.1) is 0 Å². The van der Waals surface area contributed by atoms with E-state index in [0.717, 1.165) is 32.0 Å². The van der Waals surface area contributed by atoms with Gasteiger partial charge in [0.1, 0.15) is 5.60 Å². The number of aliphatic imine (C=N–C) groups is 1. The molecule has 0 atom stereocenters. The van der Waals surface area contributed by atoms with Gasteiger partial charge in [0, 0.05) is 38.8 Å². The van der Waals surface area contributed by atoms with Crippen molar-refractivity contribution in [1.29, 1.82) is 0 Å². The fourth-order valence-electron chi connectivity index (χ4n) is 1.64. The second-order valence-corrected chi connectivity index (χ2v) is 7.38. The number of carbonyl (C=O) groups is 1. The van der Waals surface area contributed by atoms with Gasteiger partial charge >= 0.3 is 6.09 Å². The molecule has 136 valence electrons. The van der Waals surface area contributed by atoms with E-state index in [1.165, 1.54) is 0 Å². The Kier molecular flexibility index (Phi) is 9.64. The van der Waals surface area contributed by atoms with Crippen LogP contribution in [0.3, 0.4) is 0 Å². The summed E-state index contributed by atoms with van der Waals surface area (Å²) < 4.78 is 5.17. The van der Waals surface area contributed by atoms with E-state index in [1.54, 1.807) is 7.05 Å². The van der Waals surface area contributed by atoms with Gasteiger partial charge in [0.15, 0.2) is 5.96 Å². The molecule has 0 rings (SSSR count). The maximum atomic E-state index is 11.5. The monoisotopic (exact) mass is 329 g/mol. The van der Waals surface area contributed by atoms with Crippen LogP contribution in [0.4, 0.5) is 4.79 Å². The first-order valence-electron chi connectivity index (χ1n) is 8.20. The molecule has 23 heavy (non-hydrogen) atoms. The zero-order valence-corrected chi connectivity index (χ0v) is 15.8. The third kappa shape index (κ3) is 15.2. The fourth-order valence-corrected chi connectivity index (χ4v) is 1.64. The highest BCUT2D eigenvalue weighted by atomic mass is 16.6. The molecule has 0 aliphatic rings. The zero-order chi connectivity index (χ0) is 17.9. The number of guanidine groups is 1. The number of hydrogen-bond donors (Lipinski definition) is 4. The van der Waals surface area contributed by atoms with Gasteiger partial charge in [-0.25, -0.2) is 4.79 Å². The highest BCUT2D eigenvalue weighted by molar-refractivity contribution is 5.79. The molecule has 7 nitrogen and oxygen atoms in total. The van der Waals surface area contributed by atoms with Crippen LogP contribution in [0.15, 0.2) is 4.99 Å². The first kappa shape index (κ1) is 21.5. The molecule has 0 saturated heterocycles. The lowest BCUT2D eigenvalue weighted by Gasteiger charge is -2.21. The van der Waals surface area contributed by atoms with Crippen molar-refractivity contribution in [2.24, 2.45) is 4.99 Å². The number of hydrogen-bond acceptors (Lipinski definition) is 4. The van der Waals surface area contributed by atoms with Crippen molar-refractivity contribution in [2.75, 3.05) is 33.2 Å². The van der Waals surface area contributed by atoms with Crippen LogP contribution in [-0.4, -0.2) is 56.4 Å². The average molecular weight is 329 g/mol. The molecule has 0 aromatic carbocycles. The number of ether oxygens (including phenoxy) is 1. The summed E-state index contributed by atoms with van der Waals surface area (Å²) in [6, 6.07) is 0. The molecule has 0 bridgehead atoms. The predicted octanol–water partition coefficient (Wildman–Crippen LogP) is 1.45. The van der Waals surface area contributed by atoms with E-state index in [1.807, 2.05) is 20.8 Å². The van der Waals surface area contributed by atoms with Gasteiger partial charge in [0.05, 0.1) is 0 Å². The second kappa shape index (κ2) is 10.3. The van der Waals surface area contributed by atoms with Gasteiger partial charge in [-0.15, -0.1) is 0 Å². The maximum Gasteiger partial charge on any atom is 0.407 e. The first-order valence-corrected chi connectivity index (χ1v) is 8.20. The lowest BCUT2D eigenvalue weighted by molar-refractivity contribution is 0.0527. The van der Waals surface area contributed by atoms with Crippen molar-refractivity contribution < 1.29 is 9.53 Å². The van der Waals surface area contributed by atoms with Crippen LogP contribution in [0.2, 0.25) is 0 Å². The Morgan fingerprint density at radius 1 is 0.913 bits per heavy atom. The summed E-state index contributed by atoms with van der Waals surface area (Å²) >= 11 is 0. The molecule has 4 N–H and O–H groups in total. The smallest absolute Gasteiger partial charge is 0.407 e. The van der Waals surface area contributed by atoms with Crippen molar-refractivity contribution in [2.45, 2.75) is 59.1 Å². The summed E-state index contributed by atoms with van der Waals surface area (Å²) in [6.45, 7) is 14.9. The molecule has 0 aromatic rings. The van der Waals surface area contributed by atoms with Gasteiger partial charge in [0.25, 0.3) is 0 Å². The minimum atomic E-state index is -0.463. The summed E-state index contributed by atoms with van der Waals surface area (Å²) in [7, 11) is 1.74. The van der Waals surface area contributed by atoms with Crippen LogP contribution in [-0.2, 0) is 4.74 Å². The topological polar surface area (TPSA) is 86.8 Å². The van der Waals surface area contributed by atoms with E-state index in [4.69, 9.17) is 4.74 Å². The number of rotatable bonds is 7. The average Bonchev–Trinajstić information content (AvgIpc) is 2.37. The summed E-state index contributed by atoms with van der Waals surface area (Å²) in [5, 5.41) is 12.6. The molecule has 0 heterocycles. The Labute approximate surface area is 141 Å². The highest BCUT2D eigenvalue weighted by Gasteiger charge is 2.15. The van der Waals surface area contributed by atoms with Gasteiger partial charge in [-0.3, -0.25) is 4.99 Å². The lowest BCUT2D eigenvalue weighted by Crippen LogP contribution is -2.45. The van der Waals surface area contributed by atoms with Crippen LogP contribution in [0.5, 0.6) is 0 Å². The number of amides is 1. The normalized spacial score (nSPS) is 12.7. The Bertz CT molecular complexity index is 370. The molecule has 0 unspecified atom stereocenters. The molecule has 0 aliphatic heterocycles. The van der Waals surface area contributed by atoms with E-state index >= 15 is 0 Å². The van der Waals surface area contributed by atoms with E-state index in [2.05, 4.69) is 47.0 Å². The van der Waals surface area contributed by atoms with Crippen LogP contribution in [0.1, 0.15) is 48.0 Å². The highest BCUT2D eigenvalue weighted by Crippen LogP contribution is 2.06. The minimum Gasteiger partial charge on any atom is -0.444 e. The van der Waals surface area contributed by atoms with E-state index < -0.39 is 5.60 Å². The number of alkyl carbamates (subject to hydrolysis) is 1. The second-order valence-electron chi connectivity index (χ2n) is 7.38. The summed E-state index contributed by atoms with van der Waals surface area (Å²) in [6.07, 6.45) is 0.411. The quantitative estimate of drug-likeness (QED) is 0.323. The molecule has 0 fully saturated rings. The number of nitrogens with one attached hydrogen (secondary N) is 4. The largest absolute Gasteiger partial charge is 0.444 e. The van der Waals surface area contributed by atoms with Gasteiger partial charge in [-0.1, -0.05) is 0 Å². The van der Waals surface area contributed by atoms with Crippen molar-refractivity contribution in [1.82, 2.24) is 21.3 Å². The molecule has 0 radical (unpaired) electrons. The Hall–Kier alpha value is -1.50. The SMILES string of the molecule is CN=C(NCCCNC(=O)OC(C)(C)C)NCCNC(C)(C)C. The van der Waals surface area contributed by atoms with E-state index in [-0.39, 0.29) is 11.6 Å². The van der Waals surface area contributed by atoms with Crippen molar-refractivity contribution in [3.63, 3.8) is 0 Å². The lowest BCUT2D eigenvalue weighted by atomic mass is 10.1. The number of carbonyl (C=O) groups excluding carboxylic acids is 1.